The fourth-order valence-electron chi connectivity index (χ4n) is 1.75. The van der Waals surface area contributed by atoms with Gasteiger partial charge in [-0.1, -0.05) is 12.1 Å². The lowest BCUT2D eigenvalue weighted by Gasteiger charge is -2.09. The topological polar surface area (TPSA) is 47.6 Å². The van der Waals surface area contributed by atoms with Gasteiger partial charge in [0.2, 0.25) is 0 Å². The molecule has 0 unspecified atom stereocenters. The van der Waals surface area contributed by atoms with Gasteiger partial charge in [-0.2, -0.15) is 0 Å². The number of methoxy groups -OCH3 is 1. The molecular weight excluding hydrogens is 334 g/mol. The van der Waals surface area contributed by atoms with Crippen LogP contribution in [0.25, 0.3) is 0 Å². The molecule has 0 saturated carbocycles. The lowest BCUT2D eigenvalue weighted by Crippen LogP contribution is -2.28. The summed E-state index contributed by atoms with van der Waals surface area (Å²) in [5.74, 6) is 1.40. The van der Waals surface area contributed by atoms with Crippen LogP contribution in [0.3, 0.4) is 0 Å². The van der Waals surface area contributed by atoms with Gasteiger partial charge in [-0.3, -0.25) is 4.79 Å². The van der Waals surface area contributed by atoms with Gasteiger partial charge in [-0.05, 0) is 52.3 Å². The van der Waals surface area contributed by atoms with Crippen LogP contribution < -0.4 is 14.8 Å². The third-order valence-corrected chi connectivity index (χ3v) is 3.53. The Balaban J connectivity index is 1.76. The first-order valence-electron chi connectivity index (χ1n) is 6.50. The Kier molecular flexibility index (Phi) is 5.63. The molecule has 0 aliphatic heterocycles. The molecule has 21 heavy (non-hydrogen) atoms. The minimum atomic E-state index is -0.124. The number of carbonyl (C=O) groups is 1. The number of nitrogens with one attached hydrogen (secondary N) is 1. The van der Waals surface area contributed by atoms with E-state index in [1.807, 2.05) is 42.5 Å². The maximum Gasteiger partial charge on any atom is 0.252 e. The molecule has 1 N–H and O–H groups in total. The number of halogens is 1. The molecule has 2 rings (SSSR count). The Morgan fingerprint density at radius 3 is 2.43 bits per heavy atom. The molecule has 1 amide bonds. The van der Waals surface area contributed by atoms with E-state index in [1.165, 1.54) is 0 Å². The molecule has 0 atom stereocenters. The smallest absolute Gasteiger partial charge is 0.252 e. The van der Waals surface area contributed by atoms with E-state index in [1.54, 1.807) is 13.2 Å². The van der Waals surface area contributed by atoms with Crippen LogP contribution in [0.1, 0.15) is 10.4 Å². The fourth-order valence-corrected chi connectivity index (χ4v) is 2.21. The second-order valence-corrected chi connectivity index (χ2v) is 5.11. The largest absolute Gasteiger partial charge is 0.497 e. The summed E-state index contributed by atoms with van der Waals surface area (Å²) in [6.45, 7) is 0.842. The predicted octanol–water partition coefficient (Wildman–Crippen LogP) is 3.27. The minimum absolute atomic E-state index is 0.124. The number of carbonyl (C=O) groups excluding carboxylic acids is 1. The highest BCUT2D eigenvalue weighted by Gasteiger charge is 2.07. The summed E-state index contributed by atoms with van der Waals surface area (Å²) < 4.78 is 11.4. The van der Waals surface area contributed by atoms with Crippen molar-refractivity contribution in [2.24, 2.45) is 0 Å². The van der Waals surface area contributed by atoms with Crippen molar-refractivity contribution in [1.82, 2.24) is 5.32 Å². The lowest BCUT2D eigenvalue weighted by molar-refractivity contribution is 0.0946. The number of hydrogen-bond donors (Lipinski definition) is 1. The summed E-state index contributed by atoms with van der Waals surface area (Å²) in [6.07, 6.45) is 0. The molecule has 0 aliphatic carbocycles. The summed E-state index contributed by atoms with van der Waals surface area (Å²) in [6, 6.07) is 14.6. The van der Waals surface area contributed by atoms with E-state index in [4.69, 9.17) is 9.47 Å². The van der Waals surface area contributed by atoms with Crippen molar-refractivity contribution in [3.8, 4) is 11.5 Å². The third-order valence-electron chi connectivity index (χ3n) is 2.83. The van der Waals surface area contributed by atoms with Crippen LogP contribution in [0.15, 0.2) is 53.0 Å². The molecule has 0 fully saturated rings. The Hall–Kier alpha value is -2.01. The predicted molar refractivity (Wildman–Crippen MR) is 85.0 cm³/mol. The summed E-state index contributed by atoms with van der Waals surface area (Å²) in [7, 11) is 1.62. The third kappa shape index (κ3) is 4.49. The molecule has 0 aliphatic rings. The Morgan fingerprint density at radius 2 is 1.76 bits per heavy atom. The Morgan fingerprint density at radius 1 is 1.10 bits per heavy atom. The molecular formula is C16H16BrNO3. The van der Waals surface area contributed by atoms with Crippen LogP contribution in [0.4, 0.5) is 0 Å². The van der Waals surface area contributed by atoms with Gasteiger partial charge in [0.25, 0.3) is 5.91 Å². The van der Waals surface area contributed by atoms with Crippen molar-refractivity contribution in [3.63, 3.8) is 0 Å². The Bertz CT molecular complexity index is 599. The monoisotopic (exact) mass is 349 g/mol. The summed E-state index contributed by atoms with van der Waals surface area (Å²) in [5.41, 5.74) is 0.613. The van der Waals surface area contributed by atoms with Crippen LogP contribution in [0, 0.1) is 0 Å². The highest BCUT2D eigenvalue weighted by atomic mass is 79.9. The van der Waals surface area contributed by atoms with Crippen LogP contribution in [0.2, 0.25) is 0 Å². The van der Waals surface area contributed by atoms with Gasteiger partial charge in [-0.15, -0.1) is 0 Å². The molecule has 0 spiro atoms. The number of amides is 1. The van der Waals surface area contributed by atoms with E-state index >= 15 is 0 Å². The molecule has 2 aromatic rings. The second-order valence-electron chi connectivity index (χ2n) is 4.26. The maximum atomic E-state index is 11.9. The molecule has 0 aromatic heterocycles. The van der Waals surface area contributed by atoms with Crippen LogP contribution in [-0.4, -0.2) is 26.2 Å². The first-order valence-corrected chi connectivity index (χ1v) is 7.29. The van der Waals surface area contributed by atoms with E-state index in [0.717, 1.165) is 16.0 Å². The zero-order valence-corrected chi connectivity index (χ0v) is 13.2. The van der Waals surface area contributed by atoms with Crippen LogP contribution in [0.5, 0.6) is 11.5 Å². The molecule has 0 saturated heterocycles. The molecule has 0 heterocycles. The van der Waals surface area contributed by atoms with Gasteiger partial charge in [0, 0.05) is 4.47 Å². The van der Waals surface area contributed by atoms with Crippen molar-refractivity contribution in [2.75, 3.05) is 20.3 Å². The zero-order chi connectivity index (χ0) is 15.1. The quantitative estimate of drug-likeness (QED) is 0.814. The van der Waals surface area contributed by atoms with Crippen LogP contribution >= 0.6 is 15.9 Å². The first kappa shape index (κ1) is 15.4. The summed E-state index contributed by atoms with van der Waals surface area (Å²) >= 11 is 3.35. The van der Waals surface area contributed by atoms with E-state index in [0.29, 0.717) is 18.7 Å². The molecule has 4 nitrogen and oxygen atoms in total. The fraction of sp³-hybridized carbons (Fsp3) is 0.188. The highest BCUT2D eigenvalue weighted by molar-refractivity contribution is 9.10. The van der Waals surface area contributed by atoms with Crippen molar-refractivity contribution in [2.45, 2.75) is 0 Å². The van der Waals surface area contributed by atoms with Gasteiger partial charge in [-0.25, -0.2) is 0 Å². The highest BCUT2D eigenvalue weighted by Crippen LogP contribution is 2.17. The first-order chi connectivity index (χ1) is 10.2. The van der Waals surface area contributed by atoms with Gasteiger partial charge < -0.3 is 14.8 Å². The molecule has 2 aromatic carbocycles. The standard InChI is InChI=1S/C16H16BrNO3/c1-20-12-6-8-13(9-7-12)21-11-10-18-16(19)14-4-2-3-5-15(14)17/h2-9H,10-11H2,1H3,(H,18,19). The van der Waals surface area contributed by atoms with Crippen molar-refractivity contribution in [1.29, 1.82) is 0 Å². The van der Waals surface area contributed by atoms with Crippen molar-refractivity contribution < 1.29 is 14.3 Å². The summed E-state index contributed by atoms with van der Waals surface area (Å²) in [4.78, 5) is 11.9. The number of hydrogen-bond acceptors (Lipinski definition) is 3. The Labute approximate surface area is 132 Å². The van der Waals surface area contributed by atoms with Crippen molar-refractivity contribution >= 4 is 21.8 Å². The molecule has 0 bridgehead atoms. The maximum absolute atomic E-state index is 11.9. The van der Waals surface area contributed by atoms with E-state index in [-0.39, 0.29) is 5.91 Å². The molecule has 0 radical (unpaired) electrons. The average molecular weight is 350 g/mol. The summed E-state index contributed by atoms with van der Waals surface area (Å²) in [5, 5.41) is 2.81. The zero-order valence-electron chi connectivity index (χ0n) is 11.6. The van der Waals surface area contributed by atoms with Crippen LogP contribution in [-0.2, 0) is 0 Å². The SMILES string of the molecule is COc1ccc(OCCNC(=O)c2ccccc2Br)cc1. The van der Waals surface area contributed by atoms with Gasteiger partial charge in [0.15, 0.2) is 0 Å². The van der Waals surface area contributed by atoms with E-state index < -0.39 is 0 Å². The van der Waals surface area contributed by atoms with Gasteiger partial charge >= 0.3 is 0 Å². The lowest BCUT2D eigenvalue weighted by atomic mass is 10.2. The van der Waals surface area contributed by atoms with E-state index in [2.05, 4.69) is 21.2 Å². The normalized spacial score (nSPS) is 10.0. The minimum Gasteiger partial charge on any atom is -0.497 e. The second kappa shape index (κ2) is 7.69. The van der Waals surface area contributed by atoms with Gasteiger partial charge in [0.05, 0.1) is 19.2 Å². The molecule has 110 valence electrons. The number of rotatable bonds is 6. The van der Waals surface area contributed by atoms with Crippen molar-refractivity contribution in [3.05, 3.63) is 58.6 Å². The molecule has 5 heteroatoms. The number of ether oxygens (including phenoxy) is 2. The van der Waals surface area contributed by atoms with Gasteiger partial charge in [0.1, 0.15) is 18.1 Å². The average Bonchev–Trinajstić information content (AvgIpc) is 2.52. The number of benzene rings is 2. The van der Waals surface area contributed by atoms with E-state index in [9.17, 15) is 4.79 Å².